The highest BCUT2D eigenvalue weighted by Gasteiger charge is 2.33. The first-order valence-corrected chi connectivity index (χ1v) is 9.80. The van der Waals surface area contributed by atoms with Crippen LogP contribution in [0, 0.1) is 6.92 Å². The summed E-state index contributed by atoms with van der Waals surface area (Å²) in [5, 5.41) is 0. The predicted octanol–water partition coefficient (Wildman–Crippen LogP) is 2.54. The number of carbonyl (C=O) groups is 1. The van der Waals surface area contributed by atoms with E-state index in [0.717, 1.165) is 22.9 Å². The standard InChI is InChI=1S/C19H23NO4S/c1-15-9-11-17(12-10-15)14-20(25(3,22)23)18(19(21)24-2)13-16-7-5-4-6-8-16/h4-12,18H,13-14H2,1-3H3/t18-/m0/s1. The van der Waals surface area contributed by atoms with Crippen molar-refractivity contribution >= 4 is 16.0 Å². The van der Waals surface area contributed by atoms with Crippen LogP contribution in [0.5, 0.6) is 0 Å². The largest absolute Gasteiger partial charge is 0.468 e. The number of ether oxygens (including phenoxy) is 1. The SMILES string of the molecule is COC(=O)[C@H](Cc1ccccc1)N(Cc1ccc(C)cc1)S(C)(=O)=O. The Morgan fingerprint density at radius 3 is 2.16 bits per heavy atom. The summed E-state index contributed by atoms with van der Waals surface area (Å²) in [5.41, 5.74) is 2.77. The number of nitrogens with zero attached hydrogens (tertiary/aromatic N) is 1. The van der Waals surface area contributed by atoms with Gasteiger partial charge in [0.05, 0.1) is 13.4 Å². The number of methoxy groups -OCH3 is 1. The van der Waals surface area contributed by atoms with Crippen molar-refractivity contribution in [3.63, 3.8) is 0 Å². The molecule has 0 aliphatic rings. The lowest BCUT2D eigenvalue weighted by Gasteiger charge is -2.28. The van der Waals surface area contributed by atoms with E-state index in [-0.39, 0.29) is 13.0 Å². The van der Waals surface area contributed by atoms with E-state index in [1.165, 1.54) is 11.4 Å². The van der Waals surface area contributed by atoms with Crippen LogP contribution in [0.25, 0.3) is 0 Å². The molecule has 0 aliphatic carbocycles. The molecule has 25 heavy (non-hydrogen) atoms. The van der Waals surface area contributed by atoms with Crippen LogP contribution < -0.4 is 0 Å². The number of carbonyl (C=O) groups excluding carboxylic acids is 1. The lowest BCUT2D eigenvalue weighted by molar-refractivity contribution is -0.145. The smallest absolute Gasteiger partial charge is 0.324 e. The Morgan fingerprint density at radius 2 is 1.64 bits per heavy atom. The van der Waals surface area contributed by atoms with Gasteiger partial charge in [0.25, 0.3) is 0 Å². The van der Waals surface area contributed by atoms with Gasteiger partial charge in [0.2, 0.25) is 10.0 Å². The molecule has 0 saturated carbocycles. The van der Waals surface area contributed by atoms with E-state index in [1.807, 2.05) is 61.5 Å². The maximum Gasteiger partial charge on any atom is 0.324 e. The van der Waals surface area contributed by atoms with Crippen molar-refractivity contribution in [1.82, 2.24) is 4.31 Å². The van der Waals surface area contributed by atoms with Crippen LogP contribution >= 0.6 is 0 Å². The third-order valence-electron chi connectivity index (χ3n) is 3.98. The van der Waals surface area contributed by atoms with Gasteiger partial charge in [-0.15, -0.1) is 0 Å². The van der Waals surface area contributed by atoms with Crippen LogP contribution in [-0.4, -0.2) is 38.1 Å². The van der Waals surface area contributed by atoms with E-state index >= 15 is 0 Å². The highest BCUT2D eigenvalue weighted by molar-refractivity contribution is 7.88. The van der Waals surface area contributed by atoms with Gasteiger partial charge in [-0.2, -0.15) is 4.31 Å². The Labute approximate surface area is 149 Å². The van der Waals surface area contributed by atoms with Gasteiger partial charge in [-0.25, -0.2) is 8.42 Å². The van der Waals surface area contributed by atoms with E-state index in [2.05, 4.69) is 0 Å². The Morgan fingerprint density at radius 1 is 1.04 bits per heavy atom. The molecule has 0 amide bonds. The van der Waals surface area contributed by atoms with Crippen molar-refractivity contribution < 1.29 is 17.9 Å². The highest BCUT2D eigenvalue weighted by atomic mass is 32.2. The number of benzene rings is 2. The molecule has 0 saturated heterocycles. The maximum absolute atomic E-state index is 12.4. The van der Waals surface area contributed by atoms with Gasteiger partial charge in [0.15, 0.2) is 0 Å². The molecule has 1 atom stereocenters. The average Bonchev–Trinajstić information content (AvgIpc) is 2.59. The predicted molar refractivity (Wildman–Crippen MR) is 97.5 cm³/mol. The second kappa shape index (κ2) is 8.27. The van der Waals surface area contributed by atoms with Crippen LogP contribution in [0.2, 0.25) is 0 Å². The second-order valence-electron chi connectivity index (χ2n) is 6.02. The zero-order valence-electron chi connectivity index (χ0n) is 14.7. The minimum Gasteiger partial charge on any atom is -0.468 e. The fraction of sp³-hybridized carbons (Fsp3) is 0.316. The summed E-state index contributed by atoms with van der Waals surface area (Å²) in [6.45, 7) is 2.08. The first-order valence-electron chi connectivity index (χ1n) is 7.95. The molecule has 5 nitrogen and oxygen atoms in total. The molecule has 6 heteroatoms. The van der Waals surface area contributed by atoms with Crippen molar-refractivity contribution in [2.75, 3.05) is 13.4 Å². The molecule has 0 N–H and O–H groups in total. The fourth-order valence-electron chi connectivity index (χ4n) is 2.61. The van der Waals surface area contributed by atoms with Crippen LogP contribution in [-0.2, 0) is 32.5 Å². The van der Waals surface area contributed by atoms with E-state index < -0.39 is 22.0 Å². The van der Waals surface area contributed by atoms with Gasteiger partial charge < -0.3 is 4.74 Å². The van der Waals surface area contributed by atoms with Crippen molar-refractivity contribution in [2.45, 2.75) is 25.9 Å². The van der Waals surface area contributed by atoms with Gasteiger partial charge in [-0.05, 0) is 24.5 Å². The Bertz CT molecular complexity index is 801. The van der Waals surface area contributed by atoms with Crippen molar-refractivity contribution in [3.8, 4) is 0 Å². The number of sulfonamides is 1. The van der Waals surface area contributed by atoms with E-state index in [4.69, 9.17) is 4.74 Å². The molecule has 0 aromatic heterocycles. The summed E-state index contributed by atoms with van der Waals surface area (Å²) in [5.74, 6) is -0.568. The molecule has 0 spiro atoms. The Kier molecular flexibility index (Phi) is 6.33. The number of rotatable bonds is 7. The van der Waals surface area contributed by atoms with Crippen LogP contribution in [0.3, 0.4) is 0 Å². The molecule has 2 aromatic carbocycles. The van der Waals surface area contributed by atoms with E-state index in [1.54, 1.807) is 0 Å². The molecule has 0 aliphatic heterocycles. The minimum atomic E-state index is -3.62. The summed E-state index contributed by atoms with van der Waals surface area (Å²) in [4.78, 5) is 12.3. The summed E-state index contributed by atoms with van der Waals surface area (Å²) >= 11 is 0. The molecule has 2 rings (SSSR count). The third kappa shape index (κ3) is 5.41. The lowest BCUT2D eigenvalue weighted by Crippen LogP contribution is -2.46. The average molecular weight is 361 g/mol. The van der Waals surface area contributed by atoms with Gasteiger partial charge in [-0.1, -0.05) is 60.2 Å². The quantitative estimate of drug-likeness (QED) is 0.711. The van der Waals surface area contributed by atoms with Gasteiger partial charge in [0.1, 0.15) is 6.04 Å². The number of hydrogen-bond acceptors (Lipinski definition) is 4. The number of esters is 1. The van der Waals surface area contributed by atoms with E-state index in [9.17, 15) is 13.2 Å². The number of aryl methyl sites for hydroxylation is 1. The first-order chi connectivity index (χ1) is 11.8. The molecular formula is C19H23NO4S. The molecule has 0 radical (unpaired) electrons. The molecule has 0 heterocycles. The fourth-order valence-corrected chi connectivity index (χ4v) is 3.61. The molecule has 0 unspecified atom stereocenters. The van der Waals surface area contributed by atoms with Gasteiger partial charge in [-0.3, -0.25) is 4.79 Å². The normalized spacial score (nSPS) is 12.8. The van der Waals surface area contributed by atoms with Crippen molar-refractivity contribution in [3.05, 3.63) is 71.3 Å². The van der Waals surface area contributed by atoms with Crippen LogP contribution in [0.1, 0.15) is 16.7 Å². The van der Waals surface area contributed by atoms with Gasteiger partial charge in [0, 0.05) is 6.54 Å². The molecule has 2 aromatic rings. The molecular weight excluding hydrogens is 338 g/mol. The minimum absolute atomic E-state index is 0.117. The van der Waals surface area contributed by atoms with Crippen LogP contribution in [0.4, 0.5) is 0 Å². The topological polar surface area (TPSA) is 63.7 Å². The first kappa shape index (κ1) is 19.1. The summed E-state index contributed by atoms with van der Waals surface area (Å²) in [6.07, 6.45) is 1.37. The monoisotopic (exact) mass is 361 g/mol. The maximum atomic E-state index is 12.4. The lowest BCUT2D eigenvalue weighted by atomic mass is 10.1. The number of hydrogen-bond donors (Lipinski definition) is 0. The Hall–Kier alpha value is -2.18. The van der Waals surface area contributed by atoms with Crippen LogP contribution in [0.15, 0.2) is 54.6 Å². The van der Waals surface area contributed by atoms with Crippen molar-refractivity contribution in [2.24, 2.45) is 0 Å². The second-order valence-corrected chi connectivity index (χ2v) is 7.96. The van der Waals surface area contributed by atoms with Crippen molar-refractivity contribution in [1.29, 1.82) is 0 Å². The zero-order valence-corrected chi connectivity index (χ0v) is 15.5. The Balaban J connectivity index is 2.36. The molecule has 0 bridgehead atoms. The summed E-state index contributed by atoms with van der Waals surface area (Å²) < 4.78 is 30.8. The van der Waals surface area contributed by atoms with E-state index in [0.29, 0.717) is 0 Å². The third-order valence-corrected chi connectivity index (χ3v) is 5.21. The van der Waals surface area contributed by atoms with Gasteiger partial charge >= 0.3 is 5.97 Å². The highest BCUT2D eigenvalue weighted by Crippen LogP contribution is 2.18. The zero-order chi connectivity index (χ0) is 18.4. The molecule has 0 fully saturated rings. The molecule has 134 valence electrons. The summed E-state index contributed by atoms with van der Waals surface area (Å²) in [7, 11) is -2.34. The summed E-state index contributed by atoms with van der Waals surface area (Å²) in [6, 6.07) is 16.0.